The maximum atomic E-state index is 4.29. The minimum absolute atomic E-state index is 0.861. The molecule has 3 heteroatoms. The van der Waals surface area contributed by atoms with Crippen molar-refractivity contribution in [3.8, 4) is 0 Å². The topological polar surface area (TPSA) is 28.2 Å². The van der Waals surface area contributed by atoms with Crippen LogP contribution in [0.1, 0.15) is 31.4 Å². The van der Waals surface area contributed by atoms with Crippen LogP contribution in [-0.2, 0) is 6.54 Å². The number of para-hydroxylation sites is 1. The second-order valence-electron chi connectivity index (χ2n) is 5.21. The van der Waals surface area contributed by atoms with Gasteiger partial charge in [-0.2, -0.15) is 0 Å². The lowest BCUT2D eigenvalue weighted by Crippen LogP contribution is -2.21. The first-order valence-electron chi connectivity index (χ1n) is 7.74. The summed E-state index contributed by atoms with van der Waals surface area (Å²) in [5.74, 6) is 0. The lowest BCUT2D eigenvalue weighted by atomic mass is 10.1. The molecule has 0 saturated heterocycles. The monoisotopic (exact) mass is 283 g/mol. The van der Waals surface area contributed by atoms with Gasteiger partial charge in [-0.25, -0.2) is 0 Å². The number of pyridine rings is 1. The van der Waals surface area contributed by atoms with Crippen LogP contribution in [0.5, 0.6) is 0 Å². The Hall–Kier alpha value is -1.87. The Balaban J connectivity index is 2.32. The number of anilines is 2. The number of nitrogens with one attached hydrogen (secondary N) is 1. The van der Waals surface area contributed by atoms with Crippen molar-refractivity contribution in [3.63, 3.8) is 0 Å². The van der Waals surface area contributed by atoms with Gasteiger partial charge in [-0.05, 0) is 44.5 Å². The molecule has 1 N–H and O–H groups in total. The highest BCUT2D eigenvalue weighted by Gasteiger charge is 2.13. The van der Waals surface area contributed by atoms with E-state index in [1.54, 1.807) is 0 Å². The standard InChI is InChI=1S/C18H25N3/c1-4-11-19-13-16-14-20-12-10-18(16)21(5-2)17-9-7-6-8-15(17)3/h6-10,12,14,19H,4-5,11,13H2,1-3H3. The quantitative estimate of drug-likeness (QED) is 0.777. The minimum atomic E-state index is 0.861. The van der Waals surface area contributed by atoms with Gasteiger partial charge in [0, 0.05) is 42.4 Å². The molecule has 3 nitrogen and oxygen atoms in total. The molecule has 1 aromatic carbocycles. The summed E-state index contributed by atoms with van der Waals surface area (Å²) in [6, 6.07) is 10.6. The Kier molecular flexibility index (Phi) is 5.76. The molecule has 0 aliphatic heterocycles. The van der Waals surface area contributed by atoms with Crippen LogP contribution >= 0.6 is 0 Å². The highest BCUT2D eigenvalue weighted by Crippen LogP contribution is 2.30. The summed E-state index contributed by atoms with van der Waals surface area (Å²) in [5, 5.41) is 3.47. The summed E-state index contributed by atoms with van der Waals surface area (Å²) in [6.45, 7) is 9.37. The van der Waals surface area contributed by atoms with E-state index in [1.165, 1.54) is 22.5 Å². The third-order valence-corrected chi connectivity index (χ3v) is 3.63. The van der Waals surface area contributed by atoms with E-state index in [0.29, 0.717) is 0 Å². The van der Waals surface area contributed by atoms with Crippen molar-refractivity contribution in [1.82, 2.24) is 10.3 Å². The number of nitrogens with zero attached hydrogens (tertiary/aromatic N) is 2. The second-order valence-corrected chi connectivity index (χ2v) is 5.21. The normalized spacial score (nSPS) is 10.6. The maximum absolute atomic E-state index is 4.29. The Bertz CT molecular complexity index is 566. The van der Waals surface area contributed by atoms with Gasteiger partial charge in [0.2, 0.25) is 0 Å². The van der Waals surface area contributed by atoms with E-state index in [4.69, 9.17) is 0 Å². The van der Waals surface area contributed by atoms with E-state index in [0.717, 1.165) is 26.1 Å². The number of benzene rings is 1. The van der Waals surface area contributed by atoms with E-state index < -0.39 is 0 Å². The molecule has 112 valence electrons. The number of hydrogen-bond acceptors (Lipinski definition) is 3. The van der Waals surface area contributed by atoms with Crippen molar-refractivity contribution in [3.05, 3.63) is 53.9 Å². The fraction of sp³-hybridized carbons (Fsp3) is 0.389. The van der Waals surface area contributed by atoms with Crippen LogP contribution in [0.25, 0.3) is 0 Å². The molecular weight excluding hydrogens is 258 g/mol. The van der Waals surface area contributed by atoms with Gasteiger partial charge in [0.05, 0.1) is 0 Å². The van der Waals surface area contributed by atoms with E-state index >= 15 is 0 Å². The molecule has 0 atom stereocenters. The zero-order valence-electron chi connectivity index (χ0n) is 13.3. The second kappa shape index (κ2) is 7.79. The molecule has 2 rings (SSSR count). The van der Waals surface area contributed by atoms with Crippen LogP contribution in [-0.4, -0.2) is 18.1 Å². The van der Waals surface area contributed by atoms with Crippen LogP contribution in [0.4, 0.5) is 11.4 Å². The van der Waals surface area contributed by atoms with Gasteiger partial charge < -0.3 is 10.2 Å². The first-order valence-corrected chi connectivity index (χ1v) is 7.74. The molecule has 0 spiro atoms. The van der Waals surface area contributed by atoms with Crippen molar-refractivity contribution in [1.29, 1.82) is 0 Å². The Morgan fingerprint density at radius 2 is 1.90 bits per heavy atom. The summed E-state index contributed by atoms with van der Waals surface area (Å²) in [7, 11) is 0. The third-order valence-electron chi connectivity index (χ3n) is 3.63. The molecule has 2 aromatic rings. The van der Waals surface area contributed by atoms with Crippen LogP contribution in [0.15, 0.2) is 42.7 Å². The average molecular weight is 283 g/mol. The number of rotatable bonds is 7. The molecule has 0 radical (unpaired) electrons. The Morgan fingerprint density at radius 3 is 2.62 bits per heavy atom. The van der Waals surface area contributed by atoms with Crippen molar-refractivity contribution in [2.45, 2.75) is 33.7 Å². The molecule has 0 aliphatic carbocycles. The fourth-order valence-corrected chi connectivity index (χ4v) is 2.56. The van der Waals surface area contributed by atoms with E-state index in [-0.39, 0.29) is 0 Å². The summed E-state index contributed by atoms with van der Waals surface area (Å²) < 4.78 is 0. The van der Waals surface area contributed by atoms with Crippen LogP contribution < -0.4 is 10.2 Å². The third kappa shape index (κ3) is 3.82. The molecule has 0 aliphatic rings. The average Bonchev–Trinajstić information content (AvgIpc) is 2.51. The fourth-order valence-electron chi connectivity index (χ4n) is 2.56. The molecule has 0 amide bonds. The number of hydrogen-bond donors (Lipinski definition) is 1. The van der Waals surface area contributed by atoms with Crippen LogP contribution in [0.2, 0.25) is 0 Å². The lowest BCUT2D eigenvalue weighted by Gasteiger charge is -2.27. The van der Waals surface area contributed by atoms with Gasteiger partial charge in [0.1, 0.15) is 0 Å². The van der Waals surface area contributed by atoms with Crippen molar-refractivity contribution < 1.29 is 0 Å². The molecule has 21 heavy (non-hydrogen) atoms. The highest BCUT2D eigenvalue weighted by atomic mass is 15.1. The zero-order valence-corrected chi connectivity index (χ0v) is 13.3. The SMILES string of the molecule is CCCNCc1cnccc1N(CC)c1ccccc1C. The van der Waals surface area contributed by atoms with E-state index in [9.17, 15) is 0 Å². The summed E-state index contributed by atoms with van der Waals surface area (Å²) in [4.78, 5) is 6.65. The van der Waals surface area contributed by atoms with E-state index in [2.05, 4.69) is 66.3 Å². The molecule has 0 saturated carbocycles. The first-order chi connectivity index (χ1) is 10.3. The van der Waals surface area contributed by atoms with Gasteiger partial charge in [0.15, 0.2) is 0 Å². The summed E-state index contributed by atoms with van der Waals surface area (Å²) in [6.07, 6.45) is 4.99. The van der Waals surface area contributed by atoms with Crippen molar-refractivity contribution >= 4 is 11.4 Å². The predicted octanol–water partition coefficient (Wildman–Crippen LogP) is 4.05. The largest absolute Gasteiger partial charge is 0.341 e. The van der Waals surface area contributed by atoms with Crippen molar-refractivity contribution in [2.75, 3.05) is 18.0 Å². The van der Waals surface area contributed by atoms with Gasteiger partial charge in [-0.3, -0.25) is 4.98 Å². The van der Waals surface area contributed by atoms with Crippen LogP contribution in [0.3, 0.4) is 0 Å². The first kappa shape index (κ1) is 15.5. The minimum Gasteiger partial charge on any atom is -0.341 e. The number of aromatic nitrogens is 1. The zero-order chi connectivity index (χ0) is 15.1. The molecule has 1 aromatic heterocycles. The Morgan fingerprint density at radius 1 is 1.10 bits per heavy atom. The van der Waals surface area contributed by atoms with Crippen molar-refractivity contribution in [2.24, 2.45) is 0 Å². The van der Waals surface area contributed by atoms with Gasteiger partial charge in [0.25, 0.3) is 0 Å². The molecule has 1 heterocycles. The smallest absolute Gasteiger partial charge is 0.0487 e. The Labute approximate surface area is 128 Å². The van der Waals surface area contributed by atoms with Crippen LogP contribution in [0, 0.1) is 6.92 Å². The van der Waals surface area contributed by atoms with Gasteiger partial charge in [-0.1, -0.05) is 25.1 Å². The number of aryl methyl sites for hydroxylation is 1. The predicted molar refractivity (Wildman–Crippen MR) is 90.1 cm³/mol. The molecular formula is C18H25N3. The van der Waals surface area contributed by atoms with Gasteiger partial charge >= 0.3 is 0 Å². The highest BCUT2D eigenvalue weighted by molar-refractivity contribution is 5.68. The van der Waals surface area contributed by atoms with Gasteiger partial charge in [-0.15, -0.1) is 0 Å². The summed E-state index contributed by atoms with van der Waals surface area (Å²) >= 11 is 0. The molecule has 0 fully saturated rings. The maximum Gasteiger partial charge on any atom is 0.0487 e. The molecule has 0 unspecified atom stereocenters. The molecule has 0 bridgehead atoms. The van der Waals surface area contributed by atoms with E-state index in [1.807, 2.05) is 12.4 Å². The lowest BCUT2D eigenvalue weighted by molar-refractivity contribution is 0.673. The summed E-state index contributed by atoms with van der Waals surface area (Å²) in [5.41, 5.74) is 5.05.